The van der Waals surface area contributed by atoms with Gasteiger partial charge in [-0.05, 0) is 77.0 Å². The Morgan fingerprint density at radius 2 is 0.375 bits per heavy atom. The van der Waals surface area contributed by atoms with Crippen LogP contribution in [0, 0.1) is 0 Å². The van der Waals surface area contributed by atoms with E-state index in [9.17, 15) is 0 Å². The Labute approximate surface area is 409 Å². The number of hydrogen-bond donors (Lipinski definition) is 0. The first kappa shape index (κ1) is 69.0. The molecule has 0 aliphatic rings. The highest BCUT2D eigenvalue weighted by Crippen LogP contribution is 2.14. The molecule has 0 nitrogen and oxygen atoms in total. The first-order chi connectivity index (χ1) is 31.7. The molecule has 0 aromatic heterocycles. The zero-order valence-electron chi connectivity index (χ0n) is 45.9. The second-order valence-corrected chi connectivity index (χ2v) is 18.9. The van der Waals surface area contributed by atoms with Gasteiger partial charge in [0.15, 0.2) is 0 Å². The molecule has 0 bridgehead atoms. The van der Waals surface area contributed by atoms with Crippen molar-refractivity contribution in [1.29, 1.82) is 0 Å². The quantitative estimate of drug-likeness (QED) is 0.0422. The number of rotatable bonds is 47. The van der Waals surface area contributed by atoms with E-state index in [1.165, 1.54) is 270 Å². The molecule has 0 aromatic rings. The van der Waals surface area contributed by atoms with Crippen LogP contribution in [0.25, 0.3) is 0 Å². The average molecular weight is 894 g/mol. The van der Waals surface area contributed by atoms with Gasteiger partial charge in [0.25, 0.3) is 0 Å². The number of hydrogen-bond acceptors (Lipinski definition) is 0. The highest BCUT2D eigenvalue weighted by Gasteiger charge is 1.94. The Hall–Kier alpha value is -1.56. The molecule has 380 valence electrons. The minimum atomic E-state index is 0.991. The Kier molecular flexibility index (Phi) is 81.7. The van der Waals surface area contributed by atoms with Gasteiger partial charge in [0.2, 0.25) is 0 Å². The number of unbranched alkanes of at least 4 members (excludes halogenated alkanes) is 36. The van der Waals surface area contributed by atoms with E-state index in [1.807, 2.05) is 6.08 Å². The monoisotopic (exact) mass is 893 g/mol. The molecule has 64 heavy (non-hydrogen) atoms. The molecule has 0 atom stereocenters. The van der Waals surface area contributed by atoms with Crippen LogP contribution in [0.5, 0.6) is 0 Å². The second kappa shape index (κ2) is 75.7. The van der Waals surface area contributed by atoms with Crippen LogP contribution in [0.3, 0.4) is 0 Å². The van der Waals surface area contributed by atoms with Crippen LogP contribution < -0.4 is 0 Å². The summed E-state index contributed by atoms with van der Waals surface area (Å²) >= 11 is 0. The van der Waals surface area contributed by atoms with Crippen LogP contribution >= 0.6 is 0 Å². The van der Waals surface area contributed by atoms with Gasteiger partial charge in [-0.3, -0.25) is 0 Å². The molecule has 0 spiro atoms. The summed E-state index contributed by atoms with van der Waals surface area (Å²) < 4.78 is 0. The number of allylic oxidation sites excluding steroid dienone is 11. The van der Waals surface area contributed by atoms with Gasteiger partial charge in [-0.2, -0.15) is 0 Å². The van der Waals surface area contributed by atoms with Gasteiger partial charge in [-0.25, -0.2) is 0 Å². The third-order valence-corrected chi connectivity index (χ3v) is 12.0. The molecule has 0 aliphatic carbocycles. The van der Waals surface area contributed by atoms with Crippen LogP contribution in [0.1, 0.15) is 337 Å². The van der Waals surface area contributed by atoms with Gasteiger partial charge in [0.05, 0.1) is 0 Å². The predicted molar refractivity (Wildman–Crippen MR) is 303 cm³/mol. The van der Waals surface area contributed by atoms with E-state index in [0.717, 1.165) is 19.3 Å². The van der Waals surface area contributed by atoms with Crippen LogP contribution in [-0.4, -0.2) is 0 Å². The van der Waals surface area contributed by atoms with E-state index in [-0.39, 0.29) is 0 Å². The zero-order chi connectivity index (χ0) is 47.6. The fourth-order valence-electron chi connectivity index (χ4n) is 7.57. The van der Waals surface area contributed by atoms with Crippen molar-refractivity contribution in [3.05, 3.63) is 73.4 Å². The fourth-order valence-corrected chi connectivity index (χ4v) is 7.57. The van der Waals surface area contributed by atoms with Gasteiger partial charge in [-0.15, -0.1) is 6.58 Å². The Morgan fingerprint density at radius 1 is 0.188 bits per heavy atom. The molecule has 0 rings (SSSR count). The van der Waals surface area contributed by atoms with Crippen LogP contribution in [0.15, 0.2) is 73.4 Å². The molecule has 0 N–H and O–H groups in total. The van der Waals surface area contributed by atoms with E-state index >= 15 is 0 Å². The lowest BCUT2D eigenvalue weighted by Crippen LogP contribution is -1.82. The van der Waals surface area contributed by atoms with Crippen molar-refractivity contribution in [3.63, 3.8) is 0 Å². The van der Waals surface area contributed by atoms with E-state index in [1.54, 1.807) is 0 Å². The Bertz CT molecular complexity index is 868. The minimum Gasteiger partial charge on any atom is -0.103 e. The zero-order valence-corrected chi connectivity index (χ0v) is 45.9. The van der Waals surface area contributed by atoms with E-state index in [2.05, 4.69) is 116 Å². The summed E-state index contributed by atoms with van der Waals surface area (Å²) in [4.78, 5) is 0. The van der Waals surface area contributed by atoms with Crippen molar-refractivity contribution in [2.45, 2.75) is 337 Å². The molecule has 0 heteroatoms. The first-order valence-corrected chi connectivity index (χ1v) is 29.5. The summed E-state index contributed by atoms with van der Waals surface area (Å²) in [6.07, 6.45) is 86.9. The third kappa shape index (κ3) is 83.9. The van der Waals surface area contributed by atoms with E-state index < -0.39 is 0 Å². The van der Waals surface area contributed by atoms with Gasteiger partial charge >= 0.3 is 0 Å². The summed E-state index contributed by atoms with van der Waals surface area (Å²) in [5.74, 6) is 0. The van der Waals surface area contributed by atoms with Gasteiger partial charge in [0, 0.05) is 0 Å². The lowest BCUT2D eigenvalue weighted by Gasteiger charge is -2.02. The minimum absolute atomic E-state index is 0.991. The van der Waals surface area contributed by atoms with Gasteiger partial charge in [-0.1, -0.05) is 327 Å². The third-order valence-electron chi connectivity index (χ3n) is 12.0. The van der Waals surface area contributed by atoms with E-state index in [4.69, 9.17) is 0 Å². The molecule has 0 unspecified atom stereocenters. The molecule has 0 saturated heterocycles. The summed E-state index contributed by atoms with van der Waals surface area (Å²) in [5, 5.41) is 0. The van der Waals surface area contributed by atoms with Gasteiger partial charge in [0.1, 0.15) is 0 Å². The molecule has 0 radical (unpaired) electrons. The molecular weight excluding hydrogens is 769 g/mol. The van der Waals surface area contributed by atoms with Gasteiger partial charge < -0.3 is 0 Å². The molecule has 0 saturated carbocycles. The lowest BCUT2D eigenvalue weighted by atomic mass is 10.0. The van der Waals surface area contributed by atoms with Crippen LogP contribution in [-0.2, 0) is 0 Å². The summed E-state index contributed by atoms with van der Waals surface area (Å²) in [6, 6.07) is 0. The Balaban J connectivity index is -0.000000375. The predicted octanol–water partition coefficient (Wildman–Crippen LogP) is 24.6. The maximum Gasteiger partial charge on any atom is -0.0169 e. The van der Waals surface area contributed by atoms with Crippen LogP contribution in [0.2, 0.25) is 0 Å². The molecular formula is C64H124. The SMILES string of the molecule is C=CC/C=C\C/C=C\CCCCCCCC.CCC/C=C\C/C=C\CCCCCCCC.CCCCCC/C=C\CCCCCCCC.CCCCCCCCCCCCCCCC. The highest BCUT2D eigenvalue weighted by molar-refractivity contribution is 4.95. The summed E-state index contributed by atoms with van der Waals surface area (Å²) in [5.41, 5.74) is 0. The standard InChI is InChI=1S/C16H34.C16H32.C16H30.C16H28/c4*1-3-5-7-9-11-13-15-16-14-12-10-8-6-4-2/h3-16H2,1-2H3;13,15H,3-12,14,16H2,1-2H3;7,9,13,15H,3-6,8,10-12,14,16H2,1-2H3;3,7,9,13,15H,1,4-6,8,10-12,14,16H2,2H3/b;15-13-;2*9-7-,15-13-. The topological polar surface area (TPSA) is 0 Å². The van der Waals surface area contributed by atoms with Crippen LogP contribution in [0.4, 0.5) is 0 Å². The van der Waals surface area contributed by atoms with Crippen molar-refractivity contribution in [1.82, 2.24) is 0 Å². The smallest absolute Gasteiger partial charge is 0.0169 e. The average Bonchev–Trinajstić information content (AvgIpc) is 3.31. The molecule has 0 amide bonds. The summed E-state index contributed by atoms with van der Waals surface area (Å²) in [6.45, 7) is 19.6. The Morgan fingerprint density at radius 3 is 0.625 bits per heavy atom. The largest absolute Gasteiger partial charge is 0.103 e. The van der Waals surface area contributed by atoms with Crippen molar-refractivity contribution >= 4 is 0 Å². The molecule has 0 fully saturated rings. The molecule has 0 aliphatic heterocycles. The van der Waals surface area contributed by atoms with Crippen molar-refractivity contribution in [3.8, 4) is 0 Å². The maximum atomic E-state index is 3.68. The summed E-state index contributed by atoms with van der Waals surface area (Å²) in [7, 11) is 0. The van der Waals surface area contributed by atoms with Crippen molar-refractivity contribution in [2.75, 3.05) is 0 Å². The van der Waals surface area contributed by atoms with E-state index in [0.29, 0.717) is 0 Å². The second-order valence-electron chi connectivity index (χ2n) is 18.9. The van der Waals surface area contributed by atoms with Crippen molar-refractivity contribution < 1.29 is 0 Å². The van der Waals surface area contributed by atoms with Crippen molar-refractivity contribution in [2.24, 2.45) is 0 Å². The highest BCUT2D eigenvalue weighted by atomic mass is 14.0. The normalized spacial score (nSPS) is 11.4. The maximum absolute atomic E-state index is 3.68. The molecule has 0 aromatic carbocycles. The molecule has 0 heterocycles. The first-order valence-electron chi connectivity index (χ1n) is 29.5. The lowest BCUT2D eigenvalue weighted by molar-refractivity contribution is 0.538. The fraction of sp³-hybridized carbons (Fsp3) is 0.812.